The third-order valence-electron chi connectivity index (χ3n) is 5.24. The molecule has 5 rings (SSSR count). The number of nitrogens with zero attached hydrogens (tertiary/aromatic N) is 6. The van der Waals surface area contributed by atoms with Crippen LogP contribution in [0.2, 0.25) is 0 Å². The molecule has 0 spiro atoms. The minimum Gasteiger partial charge on any atom is -0.345 e. The van der Waals surface area contributed by atoms with Crippen LogP contribution in [-0.2, 0) is 0 Å². The lowest BCUT2D eigenvalue weighted by Gasteiger charge is -2.32. The van der Waals surface area contributed by atoms with Gasteiger partial charge in [0.05, 0.1) is 23.0 Å². The van der Waals surface area contributed by atoms with Crippen molar-refractivity contribution in [3.8, 4) is 5.69 Å². The van der Waals surface area contributed by atoms with E-state index in [-0.39, 0.29) is 11.8 Å². The molecule has 0 aliphatic carbocycles. The highest BCUT2D eigenvalue weighted by Gasteiger charge is 2.29. The van der Waals surface area contributed by atoms with Gasteiger partial charge in [-0.1, -0.05) is 18.2 Å². The Labute approximate surface area is 161 Å². The smallest absolute Gasteiger partial charge is 0.253 e. The van der Waals surface area contributed by atoms with Crippen molar-refractivity contribution in [3.63, 3.8) is 0 Å². The van der Waals surface area contributed by atoms with E-state index >= 15 is 0 Å². The van der Waals surface area contributed by atoms with Crippen molar-refractivity contribution in [2.75, 3.05) is 13.1 Å². The molecule has 28 heavy (non-hydrogen) atoms. The molecule has 1 aliphatic heterocycles. The lowest BCUT2D eigenvalue weighted by atomic mass is 9.96. The minimum atomic E-state index is 0.0277. The fourth-order valence-corrected chi connectivity index (χ4v) is 3.83. The van der Waals surface area contributed by atoms with E-state index in [1.165, 1.54) is 0 Å². The van der Waals surface area contributed by atoms with Gasteiger partial charge in [-0.25, -0.2) is 4.98 Å². The lowest BCUT2D eigenvalue weighted by Crippen LogP contribution is -2.39. The number of benzene rings is 2. The molecule has 1 N–H and O–H groups in total. The van der Waals surface area contributed by atoms with Crippen LogP contribution in [0.25, 0.3) is 16.7 Å². The molecule has 4 aromatic rings. The Morgan fingerprint density at radius 2 is 2.04 bits per heavy atom. The van der Waals surface area contributed by atoms with E-state index in [0.29, 0.717) is 12.1 Å². The molecular formula is C20H19N7O. The molecular weight excluding hydrogens is 354 g/mol. The largest absolute Gasteiger partial charge is 0.345 e. The summed E-state index contributed by atoms with van der Waals surface area (Å²) in [5, 5.41) is 12.3. The summed E-state index contributed by atoms with van der Waals surface area (Å²) in [6.45, 7) is 1.34. The maximum absolute atomic E-state index is 13.1. The predicted molar refractivity (Wildman–Crippen MR) is 103 cm³/mol. The molecule has 0 saturated carbocycles. The third-order valence-corrected chi connectivity index (χ3v) is 5.24. The van der Waals surface area contributed by atoms with Gasteiger partial charge in [-0.05, 0) is 53.6 Å². The molecule has 2 aromatic heterocycles. The van der Waals surface area contributed by atoms with Crippen LogP contribution in [0.15, 0.2) is 54.9 Å². The van der Waals surface area contributed by atoms with E-state index in [1.54, 1.807) is 11.0 Å². The maximum atomic E-state index is 13.1. The number of nitrogens with one attached hydrogen (secondary N) is 1. The summed E-state index contributed by atoms with van der Waals surface area (Å²) >= 11 is 0. The first-order chi connectivity index (χ1) is 13.8. The van der Waals surface area contributed by atoms with E-state index in [9.17, 15) is 4.79 Å². The van der Waals surface area contributed by atoms with Gasteiger partial charge in [-0.3, -0.25) is 4.79 Å². The highest BCUT2D eigenvalue weighted by atomic mass is 16.2. The highest BCUT2D eigenvalue weighted by molar-refractivity contribution is 5.97. The van der Waals surface area contributed by atoms with Crippen molar-refractivity contribution in [3.05, 3.63) is 66.2 Å². The molecule has 0 radical (unpaired) electrons. The van der Waals surface area contributed by atoms with Crippen LogP contribution in [0.1, 0.15) is 34.9 Å². The van der Waals surface area contributed by atoms with Gasteiger partial charge in [0.15, 0.2) is 5.82 Å². The first kappa shape index (κ1) is 16.6. The van der Waals surface area contributed by atoms with Crippen molar-refractivity contribution < 1.29 is 4.79 Å². The average molecular weight is 373 g/mol. The Morgan fingerprint density at radius 1 is 1.14 bits per heavy atom. The number of H-pyrrole nitrogens is 1. The molecule has 8 nitrogen and oxygen atoms in total. The molecule has 140 valence electrons. The molecule has 1 saturated heterocycles. The number of aromatic amines is 1. The summed E-state index contributed by atoms with van der Waals surface area (Å²) in [6.07, 6.45) is 3.51. The monoisotopic (exact) mass is 373 g/mol. The van der Waals surface area contributed by atoms with Gasteiger partial charge >= 0.3 is 0 Å². The maximum Gasteiger partial charge on any atom is 0.253 e. The number of aromatic nitrogens is 6. The van der Waals surface area contributed by atoms with E-state index in [2.05, 4.69) is 25.5 Å². The summed E-state index contributed by atoms with van der Waals surface area (Å²) in [6, 6.07) is 15.4. The molecule has 2 aromatic carbocycles. The first-order valence-corrected chi connectivity index (χ1v) is 9.36. The SMILES string of the molecule is O=C(c1ccc2nc[nH]c2c1)N1CCCC(c2nnnn2-c2ccccc2)C1. The van der Waals surface area contributed by atoms with E-state index in [0.717, 1.165) is 41.9 Å². The molecule has 1 amide bonds. The number of tetrazole rings is 1. The Hall–Kier alpha value is -3.55. The normalized spacial score (nSPS) is 17.1. The molecule has 1 fully saturated rings. The predicted octanol–water partition coefficient (Wildman–Crippen LogP) is 2.56. The number of piperidine rings is 1. The van der Waals surface area contributed by atoms with Crippen LogP contribution in [0.5, 0.6) is 0 Å². The minimum absolute atomic E-state index is 0.0277. The van der Waals surface area contributed by atoms with Gasteiger partial charge in [-0.15, -0.1) is 5.10 Å². The summed E-state index contributed by atoms with van der Waals surface area (Å²) in [4.78, 5) is 22.2. The average Bonchev–Trinajstić information content (AvgIpc) is 3.43. The van der Waals surface area contributed by atoms with Crippen molar-refractivity contribution in [1.29, 1.82) is 0 Å². The van der Waals surface area contributed by atoms with Crippen LogP contribution < -0.4 is 0 Å². The zero-order valence-electron chi connectivity index (χ0n) is 15.2. The Kier molecular flexibility index (Phi) is 4.08. The fraction of sp³-hybridized carbons (Fsp3) is 0.250. The summed E-state index contributed by atoms with van der Waals surface area (Å²) in [5.74, 6) is 0.927. The number of fused-ring (bicyclic) bond motifs is 1. The summed E-state index contributed by atoms with van der Waals surface area (Å²) < 4.78 is 1.77. The number of carbonyl (C=O) groups is 1. The highest BCUT2D eigenvalue weighted by Crippen LogP contribution is 2.27. The number of hydrogen-bond acceptors (Lipinski definition) is 5. The zero-order chi connectivity index (χ0) is 18.9. The molecule has 1 unspecified atom stereocenters. The number of imidazole rings is 1. The first-order valence-electron chi connectivity index (χ1n) is 9.36. The van der Waals surface area contributed by atoms with Crippen LogP contribution in [0.3, 0.4) is 0 Å². The second kappa shape index (κ2) is 6.88. The number of likely N-dealkylation sites (tertiary alicyclic amines) is 1. The van der Waals surface area contributed by atoms with Crippen molar-refractivity contribution >= 4 is 16.9 Å². The van der Waals surface area contributed by atoms with E-state index in [1.807, 2.05) is 53.4 Å². The van der Waals surface area contributed by atoms with Crippen molar-refractivity contribution in [2.45, 2.75) is 18.8 Å². The van der Waals surface area contributed by atoms with Crippen molar-refractivity contribution in [1.82, 2.24) is 35.1 Å². The van der Waals surface area contributed by atoms with Crippen LogP contribution >= 0.6 is 0 Å². The Morgan fingerprint density at radius 3 is 2.93 bits per heavy atom. The topological polar surface area (TPSA) is 92.6 Å². The number of para-hydroxylation sites is 1. The standard InChI is InChI=1S/C20H19N7O/c28-20(14-8-9-17-18(11-14)22-13-21-17)26-10-4-5-15(12-26)19-23-24-25-27(19)16-6-2-1-3-7-16/h1-3,6-9,11,13,15H,4-5,10,12H2,(H,21,22). The summed E-state index contributed by atoms with van der Waals surface area (Å²) in [7, 11) is 0. The zero-order valence-corrected chi connectivity index (χ0v) is 15.2. The van der Waals surface area contributed by atoms with E-state index < -0.39 is 0 Å². The van der Waals surface area contributed by atoms with E-state index in [4.69, 9.17) is 0 Å². The quantitative estimate of drug-likeness (QED) is 0.596. The molecule has 1 aliphatic rings. The van der Waals surface area contributed by atoms with Gasteiger partial charge in [0.25, 0.3) is 5.91 Å². The number of hydrogen-bond donors (Lipinski definition) is 1. The van der Waals surface area contributed by atoms with Crippen LogP contribution in [0, 0.1) is 0 Å². The molecule has 8 heteroatoms. The van der Waals surface area contributed by atoms with Crippen LogP contribution in [0.4, 0.5) is 0 Å². The second-order valence-electron chi connectivity index (χ2n) is 7.01. The number of amides is 1. The van der Waals surface area contributed by atoms with Gasteiger partial charge in [0.2, 0.25) is 0 Å². The summed E-state index contributed by atoms with van der Waals surface area (Å²) in [5.41, 5.74) is 3.32. The third kappa shape index (κ3) is 2.92. The van der Waals surface area contributed by atoms with Crippen molar-refractivity contribution in [2.24, 2.45) is 0 Å². The van der Waals surface area contributed by atoms with Gasteiger partial charge in [-0.2, -0.15) is 4.68 Å². The Bertz CT molecular complexity index is 1120. The van der Waals surface area contributed by atoms with Gasteiger partial charge in [0, 0.05) is 24.6 Å². The molecule has 1 atom stereocenters. The number of carbonyl (C=O) groups excluding carboxylic acids is 1. The second-order valence-corrected chi connectivity index (χ2v) is 7.01. The fourth-order valence-electron chi connectivity index (χ4n) is 3.83. The van der Waals surface area contributed by atoms with Gasteiger partial charge in [0.1, 0.15) is 0 Å². The van der Waals surface area contributed by atoms with Crippen LogP contribution in [-0.4, -0.2) is 54.1 Å². The molecule has 0 bridgehead atoms. The molecule has 3 heterocycles. The Balaban J connectivity index is 1.39. The number of rotatable bonds is 3. The van der Waals surface area contributed by atoms with Gasteiger partial charge < -0.3 is 9.88 Å². The lowest BCUT2D eigenvalue weighted by molar-refractivity contribution is 0.0704.